The van der Waals surface area contributed by atoms with E-state index >= 15 is 0 Å². The summed E-state index contributed by atoms with van der Waals surface area (Å²) in [6.45, 7) is 1.73. The fourth-order valence-corrected chi connectivity index (χ4v) is 0.823. The summed E-state index contributed by atoms with van der Waals surface area (Å²) in [6.07, 6.45) is 1.20. The number of pyridine rings is 1. The Morgan fingerprint density at radius 3 is 2.67 bits per heavy atom. The van der Waals surface area contributed by atoms with Gasteiger partial charge in [-0.3, -0.25) is 10.1 Å². The highest BCUT2D eigenvalue weighted by Gasteiger charge is 2.05. The van der Waals surface area contributed by atoms with Crippen molar-refractivity contribution in [3.63, 3.8) is 0 Å². The maximum atomic E-state index is 10.2. The molecule has 0 unspecified atom stereocenters. The van der Waals surface area contributed by atoms with Crippen LogP contribution >= 0.6 is 12.2 Å². The molecule has 0 aliphatic carbocycles. The van der Waals surface area contributed by atoms with E-state index in [0.717, 1.165) is 0 Å². The van der Waals surface area contributed by atoms with Gasteiger partial charge in [-0.15, -0.1) is 0 Å². The second kappa shape index (κ2) is 3.36. The molecule has 0 radical (unpaired) electrons. The maximum Gasteiger partial charge on any atom is 0.287 e. The average Bonchev–Trinajstić information content (AvgIpc) is 2.04. The van der Waals surface area contributed by atoms with Gasteiger partial charge in [-0.05, 0) is 13.0 Å². The molecule has 0 saturated heterocycles. The van der Waals surface area contributed by atoms with Crippen molar-refractivity contribution in [3.8, 4) is 0 Å². The number of nitro groups is 1. The van der Waals surface area contributed by atoms with E-state index in [1.165, 1.54) is 12.3 Å². The molecule has 0 N–H and O–H groups in total. The zero-order chi connectivity index (χ0) is 9.14. The van der Waals surface area contributed by atoms with Crippen LogP contribution in [0, 0.1) is 10.1 Å². The van der Waals surface area contributed by atoms with E-state index in [2.05, 4.69) is 4.98 Å². The number of nitrogens with zero attached hydrogens (tertiary/aromatic N) is 2. The first-order chi connectivity index (χ1) is 5.61. The molecule has 0 aliphatic rings. The van der Waals surface area contributed by atoms with E-state index in [9.17, 15) is 10.1 Å². The van der Waals surface area contributed by atoms with Gasteiger partial charge in [0.1, 0.15) is 6.20 Å². The Morgan fingerprint density at radius 2 is 2.33 bits per heavy atom. The molecule has 12 heavy (non-hydrogen) atoms. The van der Waals surface area contributed by atoms with Crippen LogP contribution in [-0.4, -0.2) is 14.8 Å². The summed E-state index contributed by atoms with van der Waals surface area (Å²) in [5, 5.41) is 10.2. The number of thiocarbonyl (C=S) groups is 1. The topological polar surface area (TPSA) is 56.0 Å². The van der Waals surface area contributed by atoms with Gasteiger partial charge >= 0.3 is 0 Å². The highest BCUT2D eigenvalue weighted by Crippen LogP contribution is 2.09. The third-order valence-electron chi connectivity index (χ3n) is 1.32. The van der Waals surface area contributed by atoms with Crippen LogP contribution < -0.4 is 0 Å². The van der Waals surface area contributed by atoms with E-state index in [4.69, 9.17) is 12.2 Å². The second-order valence-electron chi connectivity index (χ2n) is 2.21. The number of hydrogen-bond acceptors (Lipinski definition) is 4. The van der Waals surface area contributed by atoms with Gasteiger partial charge in [0.2, 0.25) is 0 Å². The Hall–Kier alpha value is -1.36. The van der Waals surface area contributed by atoms with Crippen molar-refractivity contribution in [2.75, 3.05) is 0 Å². The van der Waals surface area contributed by atoms with E-state index < -0.39 is 4.92 Å². The van der Waals surface area contributed by atoms with Crippen LogP contribution in [0.1, 0.15) is 12.6 Å². The summed E-state index contributed by atoms with van der Waals surface area (Å²) >= 11 is 4.84. The molecule has 0 amide bonds. The summed E-state index contributed by atoms with van der Waals surface area (Å²) in [4.78, 5) is 14.2. The standard InChI is InChI=1S/C7H6N2O2S/c1-5(12)7-3-2-6(4-8-7)9(10)11/h2-4H,1H3. The van der Waals surface area contributed by atoms with Crippen LogP contribution in [0.4, 0.5) is 5.69 Å². The predicted molar refractivity (Wildman–Crippen MR) is 48.3 cm³/mol. The van der Waals surface area contributed by atoms with E-state index in [1.54, 1.807) is 13.0 Å². The molecule has 0 aromatic carbocycles. The van der Waals surface area contributed by atoms with Crippen molar-refractivity contribution < 1.29 is 4.92 Å². The third-order valence-corrected chi connectivity index (χ3v) is 1.53. The summed E-state index contributed by atoms with van der Waals surface area (Å²) < 4.78 is 0. The normalized spacial score (nSPS) is 9.42. The first kappa shape index (κ1) is 8.73. The van der Waals surface area contributed by atoms with E-state index in [-0.39, 0.29) is 5.69 Å². The van der Waals surface area contributed by atoms with Gasteiger partial charge in [-0.25, -0.2) is 4.98 Å². The Kier molecular flexibility index (Phi) is 2.44. The molecule has 1 rings (SSSR count). The molecule has 0 saturated carbocycles. The van der Waals surface area contributed by atoms with Crippen LogP contribution in [0.3, 0.4) is 0 Å². The molecular formula is C7H6N2O2S. The van der Waals surface area contributed by atoms with Gasteiger partial charge in [0.15, 0.2) is 0 Å². The highest BCUT2D eigenvalue weighted by atomic mass is 32.1. The lowest BCUT2D eigenvalue weighted by molar-refractivity contribution is -0.385. The lowest BCUT2D eigenvalue weighted by atomic mass is 10.3. The zero-order valence-electron chi connectivity index (χ0n) is 6.35. The minimum atomic E-state index is -0.491. The molecule has 4 nitrogen and oxygen atoms in total. The average molecular weight is 182 g/mol. The molecule has 5 heteroatoms. The second-order valence-corrected chi connectivity index (χ2v) is 2.83. The smallest absolute Gasteiger partial charge is 0.258 e. The largest absolute Gasteiger partial charge is 0.287 e. The van der Waals surface area contributed by atoms with Crippen molar-refractivity contribution >= 4 is 22.8 Å². The van der Waals surface area contributed by atoms with Gasteiger partial charge in [0.25, 0.3) is 5.69 Å². The molecule has 1 aromatic rings. The van der Waals surface area contributed by atoms with E-state index in [0.29, 0.717) is 10.6 Å². The quantitative estimate of drug-likeness (QED) is 0.302. The molecule has 1 heterocycles. The summed E-state index contributed by atoms with van der Waals surface area (Å²) in [5.41, 5.74) is 0.589. The molecule has 0 fully saturated rings. The minimum Gasteiger partial charge on any atom is -0.258 e. The Morgan fingerprint density at radius 1 is 1.67 bits per heavy atom. The van der Waals surface area contributed by atoms with Gasteiger partial charge in [-0.1, -0.05) is 12.2 Å². The number of rotatable bonds is 2. The summed E-state index contributed by atoms with van der Waals surface area (Å²) in [7, 11) is 0. The van der Waals surface area contributed by atoms with Crippen LogP contribution in [0.25, 0.3) is 0 Å². The lowest BCUT2D eigenvalue weighted by Gasteiger charge is -1.94. The number of aromatic nitrogens is 1. The molecule has 62 valence electrons. The third kappa shape index (κ3) is 1.82. The van der Waals surface area contributed by atoms with Gasteiger partial charge in [0.05, 0.1) is 10.6 Å². The predicted octanol–water partition coefficient (Wildman–Crippen LogP) is 1.73. The first-order valence-corrected chi connectivity index (χ1v) is 3.63. The monoisotopic (exact) mass is 182 g/mol. The first-order valence-electron chi connectivity index (χ1n) is 3.22. The highest BCUT2D eigenvalue weighted by molar-refractivity contribution is 7.80. The van der Waals surface area contributed by atoms with Crippen LogP contribution in [0.5, 0.6) is 0 Å². The van der Waals surface area contributed by atoms with Gasteiger partial charge in [-0.2, -0.15) is 0 Å². The van der Waals surface area contributed by atoms with Crippen LogP contribution in [0.2, 0.25) is 0 Å². The fourth-order valence-electron chi connectivity index (χ4n) is 0.702. The van der Waals surface area contributed by atoms with Gasteiger partial charge in [0, 0.05) is 10.9 Å². The van der Waals surface area contributed by atoms with Crippen molar-refractivity contribution in [1.82, 2.24) is 4.98 Å². The molecule has 1 aromatic heterocycles. The van der Waals surface area contributed by atoms with Crippen molar-refractivity contribution in [3.05, 3.63) is 34.1 Å². The Labute approximate surface area is 74.4 Å². The molecule has 0 aliphatic heterocycles. The SMILES string of the molecule is CC(=S)c1ccc([N+](=O)[O-])cn1. The fraction of sp³-hybridized carbons (Fsp3) is 0.143. The molecular weight excluding hydrogens is 176 g/mol. The molecule has 0 atom stereocenters. The Bertz CT molecular complexity index is 288. The lowest BCUT2D eigenvalue weighted by Crippen LogP contribution is -1.96. The molecule has 0 spiro atoms. The zero-order valence-corrected chi connectivity index (χ0v) is 7.17. The summed E-state index contributed by atoms with van der Waals surface area (Å²) in [5.74, 6) is 0. The summed E-state index contributed by atoms with van der Waals surface area (Å²) in [6, 6.07) is 2.93. The van der Waals surface area contributed by atoms with Crippen molar-refractivity contribution in [2.24, 2.45) is 0 Å². The van der Waals surface area contributed by atoms with E-state index in [1.807, 2.05) is 0 Å². The Balaban J connectivity index is 3.01. The molecule has 0 bridgehead atoms. The van der Waals surface area contributed by atoms with Crippen LogP contribution in [-0.2, 0) is 0 Å². The van der Waals surface area contributed by atoms with Gasteiger partial charge < -0.3 is 0 Å². The minimum absolute atomic E-state index is 0.0185. The van der Waals surface area contributed by atoms with Crippen molar-refractivity contribution in [1.29, 1.82) is 0 Å². The van der Waals surface area contributed by atoms with Crippen molar-refractivity contribution in [2.45, 2.75) is 6.92 Å². The van der Waals surface area contributed by atoms with Crippen LogP contribution in [0.15, 0.2) is 18.3 Å². The number of hydrogen-bond donors (Lipinski definition) is 0. The maximum absolute atomic E-state index is 10.2.